The highest BCUT2D eigenvalue weighted by molar-refractivity contribution is 6.10. The number of hydrogen-bond donors (Lipinski definition) is 0. The molecule has 1 fully saturated rings. The molecule has 0 bridgehead atoms. The third-order valence-electron chi connectivity index (χ3n) is 5.95. The fourth-order valence-electron chi connectivity index (χ4n) is 4.50. The van der Waals surface area contributed by atoms with Crippen molar-refractivity contribution in [3.05, 3.63) is 89.4 Å². The quantitative estimate of drug-likeness (QED) is 0.634. The Kier molecular flexibility index (Phi) is 5.16. The van der Waals surface area contributed by atoms with Gasteiger partial charge in [0, 0.05) is 31.5 Å². The van der Waals surface area contributed by atoms with Gasteiger partial charge in [-0.15, -0.1) is 0 Å². The van der Waals surface area contributed by atoms with Gasteiger partial charge in [0.2, 0.25) is 0 Å². The van der Waals surface area contributed by atoms with Gasteiger partial charge in [-0.05, 0) is 54.8 Å². The molecule has 0 aliphatic carbocycles. The van der Waals surface area contributed by atoms with Crippen LogP contribution in [-0.2, 0) is 11.2 Å². The van der Waals surface area contributed by atoms with Crippen LogP contribution in [0, 0.1) is 5.82 Å². The summed E-state index contributed by atoms with van der Waals surface area (Å²) in [5, 5.41) is 0. The van der Waals surface area contributed by atoms with Gasteiger partial charge < -0.3 is 14.5 Å². The molecule has 1 saturated heterocycles. The molecule has 0 spiro atoms. The lowest BCUT2D eigenvalue weighted by Crippen LogP contribution is -2.44. The number of para-hydroxylation sites is 1. The van der Waals surface area contributed by atoms with Gasteiger partial charge in [0.15, 0.2) is 0 Å². The minimum atomic E-state index is -0.270. The summed E-state index contributed by atoms with van der Waals surface area (Å²) < 4.78 is 19.5. The zero-order valence-corrected chi connectivity index (χ0v) is 17.4. The first-order chi connectivity index (χ1) is 15.1. The number of hydrogen-bond acceptors (Lipinski definition) is 4. The molecule has 31 heavy (non-hydrogen) atoms. The first kappa shape index (κ1) is 19.7. The summed E-state index contributed by atoms with van der Waals surface area (Å²) in [6.45, 7) is 3.85. The molecule has 3 aromatic rings. The van der Waals surface area contributed by atoms with Gasteiger partial charge >= 0.3 is 0 Å². The van der Waals surface area contributed by atoms with Crippen LogP contribution in [0.25, 0.3) is 0 Å². The van der Waals surface area contributed by atoms with Gasteiger partial charge in [0.05, 0.1) is 11.7 Å². The fraction of sp³-hybridized carbons (Fsp3) is 0.280. The van der Waals surface area contributed by atoms with Crippen molar-refractivity contribution in [3.63, 3.8) is 0 Å². The standard InChI is InChI=1S/C25H24FN3O2/c1-17-15-28(16-23(31-17)19-8-10-20(26)11-9-19)24-21(6-4-13-27-24)25(30)29-14-12-18-5-2-3-7-22(18)29/h2-11,13,17,23H,12,14-16H2,1H3. The molecule has 2 unspecified atom stereocenters. The molecule has 158 valence electrons. The zero-order chi connectivity index (χ0) is 21.4. The van der Waals surface area contributed by atoms with Crippen LogP contribution in [-0.4, -0.2) is 36.6 Å². The molecular weight excluding hydrogens is 393 g/mol. The van der Waals surface area contributed by atoms with Crippen molar-refractivity contribution in [1.29, 1.82) is 0 Å². The van der Waals surface area contributed by atoms with Gasteiger partial charge in [0.1, 0.15) is 17.7 Å². The molecule has 2 aliphatic heterocycles. The molecule has 1 amide bonds. The Hall–Kier alpha value is -3.25. The Labute approximate surface area is 181 Å². The van der Waals surface area contributed by atoms with Crippen LogP contribution in [0.2, 0.25) is 0 Å². The van der Waals surface area contributed by atoms with Crippen LogP contribution < -0.4 is 9.80 Å². The molecule has 5 rings (SSSR count). The van der Waals surface area contributed by atoms with Crippen molar-refractivity contribution >= 4 is 17.4 Å². The molecular formula is C25H24FN3O2. The van der Waals surface area contributed by atoms with Crippen LogP contribution in [0.1, 0.15) is 34.5 Å². The van der Waals surface area contributed by atoms with Gasteiger partial charge in [-0.3, -0.25) is 4.79 Å². The van der Waals surface area contributed by atoms with Gasteiger partial charge in [-0.2, -0.15) is 0 Å². The molecule has 2 aromatic carbocycles. The number of carbonyl (C=O) groups excluding carboxylic acids is 1. The lowest BCUT2D eigenvalue weighted by Gasteiger charge is -2.38. The lowest BCUT2D eigenvalue weighted by molar-refractivity contribution is -0.0176. The number of pyridine rings is 1. The highest BCUT2D eigenvalue weighted by Gasteiger charge is 2.32. The normalized spacial score (nSPS) is 20.6. The summed E-state index contributed by atoms with van der Waals surface area (Å²) in [6, 6.07) is 18.1. The van der Waals surface area contributed by atoms with Crippen LogP contribution in [0.5, 0.6) is 0 Å². The average Bonchev–Trinajstić information content (AvgIpc) is 3.23. The predicted octanol–water partition coefficient (Wildman–Crippen LogP) is 4.39. The predicted molar refractivity (Wildman–Crippen MR) is 118 cm³/mol. The Morgan fingerprint density at radius 1 is 1.06 bits per heavy atom. The Morgan fingerprint density at radius 3 is 2.71 bits per heavy atom. The SMILES string of the molecule is CC1CN(c2ncccc2C(=O)N2CCc3ccccc32)CC(c2ccc(F)cc2)O1. The fourth-order valence-corrected chi connectivity index (χ4v) is 4.50. The smallest absolute Gasteiger partial charge is 0.262 e. The summed E-state index contributed by atoms with van der Waals surface area (Å²) in [5.74, 6) is 0.359. The number of amides is 1. The molecule has 0 saturated carbocycles. The average molecular weight is 417 g/mol. The minimum Gasteiger partial charge on any atom is -0.367 e. The number of morpholine rings is 1. The number of fused-ring (bicyclic) bond motifs is 1. The van der Waals surface area contributed by atoms with Crippen LogP contribution in [0.3, 0.4) is 0 Å². The molecule has 5 nitrogen and oxygen atoms in total. The second-order valence-corrected chi connectivity index (χ2v) is 8.10. The van der Waals surface area contributed by atoms with E-state index in [4.69, 9.17) is 4.74 Å². The van der Waals surface area contributed by atoms with E-state index in [1.165, 1.54) is 17.7 Å². The number of benzene rings is 2. The molecule has 2 aliphatic rings. The Bertz CT molecular complexity index is 1100. The van der Waals surface area contributed by atoms with E-state index in [9.17, 15) is 9.18 Å². The van der Waals surface area contributed by atoms with E-state index in [0.717, 1.165) is 17.7 Å². The third-order valence-corrected chi connectivity index (χ3v) is 5.95. The molecule has 1 aromatic heterocycles. The molecule has 0 radical (unpaired) electrons. The van der Waals surface area contributed by atoms with E-state index in [1.807, 2.05) is 36.1 Å². The summed E-state index contributed by atoms with van der Waals surface area (Å²) in [6.07, 6.45) is 2.30. The maximum atomic E-state index is 13.5. The minimum absolute atomic E-state index is 0.0365. The summed E-state index contributed by atoms with van der Waals surface area (Å²) >= 11 is 0. The van der Waals surface area contributed by atoms with Crippen LogP contribution >= 0.6 is 0 Å². The van der Waals surface area contributed by atoms with Crippen LogP contribution in [0.15, 0.2) is 66.9 Å². The molecule has 3 heterocycles. The monoisotopic (exact) mass is 417 g/mol. The highest BCUT2D eigenvalue weighted by Crippen LogP contribution is 2.33. The van der Waals surface area contributed by atoms with E-state index >= 15 is 0 Å². The lowest BCUT2D eigenvalue weighted by atomic mass is 10.1. The third kappa shape index (κ3) is 3.79. The maximum absolute atomic E-state index is 13.5. The summed E-state index contributed by atoms with van der Waals surface area (Å²) in [4.78, 5) is 22.1. The van der Waals surface area contributed by atoms with Crippen molar-refractivity contribution in [2.45, 2.75) is 25.6 Å². The van der Waals surface area contributed by atoms with Crippen molar-refractivity contribution in [2.75, 3.05) is 29.4 Å². The summed E-state index contributed by atoms with van der Waals surface area (Å²) in [5.41, 5.74) is 3.67. The van der Waals surface area contributed by atoms with E-state index in [-0.39, 0.29) is 23.9 Å². The first-order valence-corrected chi connectivity index (χ1v) is 10.6. The topological polar surface area (TPSA) is 45.7 Å². The van der Waals surface area contributed by atoms with Gasteiger partial charge in [0.25, 0.3) is 5.91 Å². The summed E-state index contributed by atoms with van der Waals surface area (Å²) in [7, 11) is 0. The van der Waals surface area contributed by atoms with Crippen molar-refractivity contribution in [3.8, 4) is 0 Å². The molecule has 6 heteroatoms. The number of rotatable bonds is 3. The van der Waals surface area contributed by atoms with Crippen LogP contribution in [0.4, 0.5) is 15.9 Å². The van der Waals surface area contributed by atoms with E-state index < -0.39 is 0 Å². The zero-order valence-electron chi connectivity index (χ0n) is 17.4. The van der Waals surface area contributed by atoms with Gasteiger partial charge in [-0.1, -0.05) is 30.3 Å². The largest absolute Gasteiger partial charge is 0.367 e. The number of anilines is 2. The Morgan fingerprint density at radius 2 is 1.87 bits per heavy atom. The van der Waals surface area contributed by atoms with E-state index in [1.54, 1.807) is 24.4 Å². The van der Waals surface area contributed by atoms with Crippen molar-refractivity contribution < 1.29 is 13.9 Å². The van der Waals surface area contributed by atoms with Crippen molar-refractivity contribution in [1.82, 2.24) is 4.98 Å². The van der Waals surface area contributed by atoms with E-state index in [2.05, 4.69) is 16.0 Å². The highest BCUT2D eigenvalue weighted by atomic mass is 19.1. The van der Waals surface area contributed by atoms with Crippen molar-refractivity contribution in [2.24, 2.45) is 0 Å². The maximum Gasteiger partial charge on any atom is 0.262 e. The molecule has 2 atom stereocenters. The first-order valence-electron chi connectivity index (χ1n) is 10.6. The number of aromatic nitrogens is 1. The second-order valence-electron chi connectivity index (χ2n) is 8.10. The number of nitrogens with zero attached hydrogens (tertiary/aromatic N) is 3. The number of halogens is 1. The van der Waals surface area contributed by atoms with Gasteiger partial charge in [-0.25, -0.2) is 9.37 Å². The van der Waals surface area contributed by atoms with E-state index in [0.29, 0.717) is 31.0 Å². The number of carbonyl (C=O) groups is 1. The Balaban J connectivity index is 1.45. The second kappa shape index (κ2) is 8.12. The number of ether oxygens (including phenoxy) is 1. The molecule has 0 N–H and O–H groups in total.